The molecule has 2 aromatic rings. The lowest BCUT2D eigenvalue weighted by atomic mass is 9.84. The first-order chi connectivity index (χ1) is 16.4. The fourth-order valence-corrected chi connectivity index (χ4v) is 5.73. The van der Waals surface area contributed by atoms with Crippen LogP contribution in [0.25, 0.3) is 0 Å². The third kappa shape index (κ3) is 4.07. The van der Waals surface area contributed by atoms with Gasteiger partial charge in [0.2, 0.25) is 5.91 Å². The van der Waals surface area contributed by atoms with Crippen molar-refractivity contribution in [1.29, 1.82) is 0 Å². The van der Waals surface area contributed by atoms with Gasteiger partial charge in [0.05, 0.1) is 23.8 Å². The molecule has 0 aliphatic carbocycles. The molecule has 2 aromatic carbocycles. The van der Waals surface area contributed by atoms with Gasteiger partial charge in [0, 0.05) is 12.0 Å². The Bertz CT molecular complexity index is 1200. The number of nitrogens with zero attached hydrogens (tertiary/aromatic N) is 2. The highest BCUT2D eigenvalue weighted by molar-refractivity contribution is 7.92. The summed E-state index contributed by atoms with van der Waals surface area (Å²) in [5.41, 5.74) is -4.41. The second-order valence-corrected chi connectivity index (χ2v) is 10.9. The van der Waals surface area contributed by atoms with Crippen LogP contribution in [0.2, 0.25) is 5.02 Å². The molecule has 2 fully saturated rings. The summed E-state index contributed by atoms with van der Waals surface area (Å²) in [4.78, 5) is 18.6. The van der Waals surface area contributed by atoms with Crippen molar-refractivity contribution < 1.29 is 36.1 Å². The lowest BCUT2D eigenvalue weighted by Gasteiger charge is -2.46. The van der Waals surface area contributed by atoms with E-state index in [1.54, 1.807) is 0 Å². The van der Waals surface area contributed by atoms with Crippen LogP contribution in [0.15, 0.2) is 47.6 Å². The number of amides is 1. The van der Waals surface area contributed by atoms with Gasteiger partial charge >= 0.3 is 6.18 Å². The number of oxime groups is 1. The molecule has 3 aliphatic heterocycles. The maximum atomic E-state index is 15.3. The predicted molar refractivity (Wildman–Crippen MR) is 119 cm³/mol. The van der Waals surface area contributed by atoms with Crippen molar-refractivity contribution in [3.8, 4) is 0 Å². The van der Waals surface area contributed by atoms with E-state index in [1.807, 2.05) is 0 Å². The minimum atomic E-state index is -4.88. The molecule has 0 bridgehead atoms. The zero-order valence-electron chi connectivity index (χ0n) is 17.9. The summed E-state index contributed by atoms with van der Waals surface area (Å²) < 4.78 is 82.2. The summed E-state index contributed by atoms with van der Waals surface area (Å²) in [6.45, 7) is -0.276. The number of hydrogen-bond donors (Lipinski definition) is 0. The highest BCUT2D eigenvalue weighted by atomic mass is 35.5. The van der Waals surface area contributed by atoms with Gasteiger partial charge in [-0.25, -0.2) is 8.78 Å². The largest absolute Gasteiger partial charge is 0.616 e. The molecule has 35 heavy (non-hydrogen) atoms. The molecule has 3 aliphatic rings. The molecular weight excluding hydrogens is 515 g/mol. The molecule has 5 nitrogen and oxygen atoms in total. The molecule has 12 heteroatoms. The zero-order valence-corrected chi connectivity index (χ0v) is 19.5. The average Bonchev–Trinajstić information content (AvgIpc) is 3.23. The van der Waals surface area contributed by atoms with Crippen LogP contribution >= 0.6 is 11.6 Å². The van der Waals surface area contributed by atoms with Gasteiger partial charge in [-0.05, 0) is 23.3 Å². The first-order valence-electron chi connectivity index (χ1n) is 10.6. The summed E-state index contributed by atoms with van der Waals surface area (Å²) in [7, 11) is 0. The molecule has 5 rings (SSSR count). The van der Waals surface area contributed by atoms with Crippen LogP contribution in [0, 0.1) is 11.7 Å². The van der Waals surface area contributed by atoms with Crippen molar-refractivity contribution in [2.45, 2.75) is 23.9 Å². The van der Waals surface area contributed by atoms with Gasteiger partial charge in [-0.3, -0.25) is 4.79 Å². The van der Waals surface area contributed by atoms with Crippen molar-refractivity contribution in [2.24, 2.45) is 11.1 Å². The van der Waals surface area contributed by atoms with Gasteiger partial charge in [-0.15, -0.1) is 0 Å². The molecule has 3 heterocycles. The zero-order chi connectivity index (χ0) is 25.2. The Labute approximate surface area is 205 Å². The van der Waals surface area contributed by atoms with Gasteiger partial charge in [-0.2, -0.15) is 13.2 Å². The van der Waals surface area contributed by atoms with Crippen molar-refractivity contribution >= 4 is 34.4 Å². The molecule has 0 saturated carbocycles. The van der Waals surface area contributed by atoms with Crippen LogP contribution in [0.1, 0.15) is 23.1 Å². The van der Waals surface area contributed by atoms with Crippen molar-refractivity contribution in [1.82, 2.24) is 4.90 Å². The van der Waals surface area contributed by atoms with E-state index in [4.69, 9.17) is 16.4 Å². The Morgan fingerprint density at radius 2 is 1.77 bits per heavy atom. The lowest BCUT2D eigenvalue weighted by molar-refractivity contribution is -0.275. The van der Waals surface area contributed by atoms with E-state index in [0.29, 0.717) is 17.1 Å². The number of likely N-dealkylation sites (tertiary alicyclic amines) is 1. The standard InChI is InChI=1S/C23H18ClF5N2O3S/c24-17-7-16(5-6-18(17)25)22(23(27,28)29)8-19(30-34-22)13-1-3-15(4-2-13)21(26)11-31(12-21)20(32)14-9-35(33)10-14/h1-7,14H,8-12H2. The normalized spacial score (nSPS) is 27.5. The van der Waals surface area contributed by atoms with E-state index in [2.05, 4.69) is 5.16 Å². The van der Waals surface area contributed by atoms with Crippen molar-refractivity contribution in [3.63, 3.8) is 0 Å². The molecule has 0 aromatic heterocycles. The predicted octanol–water partition coefficient (Wildman–Crippen LogP) is 4.45. The third-order valence-electron chi connectivity index (χ3n) is 6.63. The van der Waals surface area contributed by atoms with E-state index in [0.717, 1.165) is 18.2 Å². The molecule has 0 N–H and O–H groups in total. The second-order valence-electron chi connectivity index (χ2n) is 8.97. The van der Waals surface area contributed by atoms with Crippen LogP contribution in [0.4, 0.5) is 22.0 Å². The van der Waals surface area contributed by atoms with E-state index < -0.39 is 45.9 Å². The van der Waals surface area contributed by atoms with E-state index in [-0.39, 0.29) is 41.8 Å². The van der Waals surface area contributed by atoms with Gasteiger partial charge in [0.25, 0.3) is 5.60 Å². The van der Waals surface area contributed by atoms with Gasteiger partial charge in [0.15, 0.2) is 5.67 Å². The van der Waals surface area contributed by atoms with Crippen LogP contribution in [0.5, 0.6) is 0 Å². The Morgan fingerprint density at radius 1 is 1.14 bits per heavy atom. The summed E-state index contributed by atoms with van der Waals surface area (Å²) in [5, 5.41) is 3.17. The smallest absolute Gasteiger partial charge is 0.435 e. The summed E-state index contributed by atoms with van der Waals surface area (Å²) in [6, 6.07) is 8.43. The highest BCUT2D eigenvalue weighted by Gasteiger charge is 2.62. The van der Waals surface area contributed by atoms with Crippen LogP contribution in [-0.2, 0) is 32.1 Å². The molecule has 1 unspecified atom stereocenters. The first-order valence-corrected chi connectivity index (χ1v) is 12.5. The molecule has 1 atom stereocenters. The number of hydrogen-bond acceptors (Lipinski definition) is 4. The molecule has 0 radical (unpaired) electrons. The number of halogens is 6. The fraction of sp³-hybridized carbons (Fsp3) is 0.391. The minimum absolute atomic E-state index is 0.00868. The fourth-order valence-electron chi connectivity index (χ4n) is 4.47. The van der Waals surface area contributed by atoms with Gasteiger partial charge in [-0.1, -0.05) is 58.3 Å². The number of rotatable bonds is 4. The SMILES string of the molecule is O=C(C1C[S+]([O-])C1)N1CC(F)(c2ccc(C3=NOC(c4ccc(F)c(Cl)c4)(C(F)(F)F)C3)cc2)C1. The highest BCUT2D eigenvalue weighted by Crippen LogP contribution is 2.49. The minimum Gasteiger partial charge on any atom is -0.616 e. The van der Waals surface area contributed by atoms with Crippen molar-refractivity contribution in [3.05, 3.63) is 70.0 Å². The van der Waals surface area contributed by atoms with E-state index in [1.165, 1.54) is 29.2 Å². The summed E-state index contributed by atoms with van der Waals surface area (Å²) >= 11 is 4.71. The number of alkyl halides is 4. The van der Waals surface area contributed by atoms with Crippen LogP contribution < -0.4 is 0 Å². The Kier molecular flexibility index (Phi) is 5.80. The lowest BCUT2D eigenvalue weighted by Crippen LogP contribution is -2.62. The molecular formula is C23H18ClF5N2O3S. The maximum absolute atomic E-state index is 15.3. The van der Waals surface area contributed by atoms with Gasteiger partial charge in [0.1, 0.15) is 23.2 Å². The van der Waals surface area contributed by atoms with Gasteiger partial charge < -0.3 is 14.3 Å². The monoisotopic (exact) mass is 532 g/mol. The third-order valence-corrected chi connectivity index (χ3v) is 8.46. The van der Waals surface area contributed by atoms with Crippen LogP contribution in [-0.4, -0.2) is 51.8 Å². The second kappa shape index (κ2) is 8.35. The number of carbonyl (C=O) groups is 1. The Morgan fingerprint density at radius 3 is 2.34 bits per heavy atom. The summed E-state index contributed by atoms with van der Waals surface area (Å²) in [6.07, 6.45) is -5.55. The van der Waals surface area contributed by atoms with Crippen LogP contribution in [0.3, 0.4) is 0 Å². The average molecular weight is 533 g/mol. The number of benzene rings is 2. The maximum Gasteiger partial charge on any atom is 0.435 e. The quantitative estimate of drug-likeness (QED) is 0.432. The van der Waals surface area contributed by atoms with E-state index in [9.17, 15) is 26.9 Å². The molecule has 1 amide bonds. The first kappa shape index (κ1) is 24.3. The molecule has 2 saturated heterocycles. The molecule has 0 spiro atoms. The van der Waals surface area contributed by atoms with Crippen molar-refractivity contribution in [2.75, 3.05) is 24.6 Å². The summed E-state index contributed by atoms with van der Waals surface area (Å²) in [5.74, 6) is -0.792. The Balaban J connectivity index is 1.30. The number of carbonyl (C=O) groups excluding carboxylic acids is 1. The molecule has 186 valence electrons. The van der Waals surface area contributed by atoms with E-state index >= 15 is 4.39 Å². The topological polar surface area (TPSA) is 65.0 Å². The Hall–Kier alpha value is -2.37.